The molecule has 0 aliphatic heterocycles. The normalized spacial score (nSPS) is 11.1. The molecule has 2 aromatic carbocycles. The largest absolute Gasteiger partial charge is 0.350 e. The monoisotopic (exact) mass is 477 g/mol. The molecule has 1 N–H and O–H groups in total. The van der Waals surface area contributed by atoms with Gasteiger partial charge in [0.25, 0.3) is 10.0 Å². The van der Waals surface area contributed by atoms with Crippen LogP contribution in [0.5, 0.6) is 0 Å². The summed E-state index contributed by atoms with van der Waals surface area (Å²) in [5.74, 6) is -1.32. The minimum Gasteiger partial charge on any atom is -0.350 e. The van der Waals surface area contributed by atoms with Gasteiger partial charge in [0, 0.05) is 23.4 Å². The lowest BCUT2D eigenvalue weighted by atomic mass is 10.2. The molecule has 29 heavy (non-hydrogen) atoms. The zero-order chi connectivity index (χ0) is 20.9. The smallest absolute Gasteiger partial charge is 0.264 e. The van der Waals surface area contributed by atoms with Crippen molar-refractivity contribution < 1.29 is 17.6 Å². The highest BCUT2D eigenvalue weighted by molar-refractivity contribution is 9.10. The molecule has 0 saturated carbocycles. The maximum atomic E-state index is 14.5. The second kappa shape index (κ2) is 9.15. The fourth-order valence-electron chi connectivity index (χ4n) is 2.58. The van der Waals surface area contributed by atoms with Crippen LogP contribution in [0.15, 0.2) is 82.4 Å². The van der Waals surface area contributed by atoms with E-state index in [-0.39, 0.29) is 17.1 Å². The molecular formula is C20H17BrFN3O3S. The predicted octanol–water partition coefficient (Wildman–Crippen LogP) is 3.49. The minimum absolute atomic E-state index is 0.0405. The average molecular weight is 478 g/mol. The molecule has 1 amide bonds. The van der Waals surface area contributed by atoms with Crippen LogP contribution in [0.25, 0.3) is 0 Å². The first-order valence-corrected chi connectivity index (χ1v) is 10.8. The Labute approximate surface area is 176 Å². The van der Waals surface area contributed by atoms with E-state index in [1.54, 1.807) is 42.7 Å². The first kappa shape index (κ1) is 20.9. The third-order valence-electron chi connectivity index (χ3n) is 4.03. The van der Waals surface area contributed by atoms with Crippen LogP contribution in [0.3, 0.4) is 0 Å². The highest BCUT2D eigenvalue weighted by Gasteiger charge is 2.29. The van der Waals surface area contributed by atoms with Crippen molar-refractivity contribution in [2.75, 3.05) is 10.8 Å². The van der Waals surface area contributed by atoms with Gasteiger partial charge in [0.2, 0.25) is 5.91 Å². The van der Waals surface area contributed by atoms with Gasteiger partial charge in [-0.1, -0.05) is 34.1 Å². The molecule has 3 rings (SSSR count). The minimum atomic E-state index is -4.17. The van der Waals surface area contributed by atoms with Gasteiger partial charge in [-0.2, -0.15) is 0 Å². The van der Waals surface area contributed by atoms with Crippen LogP contribution >= 0.6 is 15.9 Å². The lowest BCUT2D eigenvalue weighted by Gasteiger charge is -2.24. The van der Waals surface area contributed by atoms with Crippen molar-refractivity contribution in [3.63, 3.8) is 0 Å². The summed E-state index contributed by atoms with van der Waals surface area (Å²) in [5, 5.41) is 2.65. The van der Waals surface area contributed by atoms with Crippen molar-refractivity contribution in [2.45, 2.75) is 11.4 Å². The van der Waals surface area contributed by atoms with E-state index < -0.39 is 28.3 Å². The van der Waals surface area contributed by atoms with Gasteiger partial charge >= 0.3 is 0 Å². The van der Waals surface area contributed by atoms with E-state index in [0.29, 0.717) is 4.47 Å². The summed E-state index contributed by atoms with van der Waals surface area (Å²) in [6.07, 6.45) is 3.18. The van der Waals surface area contributed by atoms with Gasteiger partial charge in [-0.15, -0.1) is 0 Å². The number of nitrogens with one attached hydrogen (secondary N) is 1. The molecule has 0 fully saturated rings. The van der Waals surface area contributed by atoms with E-state index in [0.717, 1.165) is 15.9 Å². The highest BCUT2D eigenvalue weighted by Crippen LogP contribution is 2.29. The second-order valence-electron chi connectivity index (χ2n) is 6.05. The van der Waals surface area contributed by atoms with Crippen LogP contribution in [0.4, 0.5) is 10.1 Å². The van der Waals surface area contributed by atoms with Crippen LogP contribution < -0.4 is 9.62 Å². The number of benzene rings is 2. The topological polar surface area (TPSA) is 79.4 Å². The quantitative estimate of drug-likeness (QED) is 0.564. The lowest BCUT2D eigenvalue weighted by Crippen LogP contribution is -2.41. The molecule has 0 unspecified atom stereocenters. The molecular weight excluding hydrogens is 461 g/mol. The van der Waals surface area contributed by atoms with Crippen LogP contribution in [-0.4, -0.2) is 25.9 Å². The number of halogens is 2. The van der Waals surface area contributed by atoms with E-state index in [2.05, 4.69) is 26.2 Å². The number of sulfonamides is 1. The Hall–Kier alpha value is -2.78. The van der Waals surface area contributed by atoms with E-state index in [1.165, 1.54) is 24.3 Å². The van der Waals surface area contributed by atoms with E-state index >= 15 is 0 Å². The molecule has 0 aliphatic rings. The third kappa shape index (κ3) is 5.18. The maximum absolute atomic E-state index is 14.5. The van der Waals surface area contributed by atoms with Crippen LogP contribution in [0, 0.1) is 5.82 Å². The van der Waals surface area contributed by atoms with Gasteiger partial charge in [0.05, 0.1) is 10.6 Å². The van der Waals surface area contributed by atoms with Crippen LogP contribution in [0.1, 0.15) is 5.56 Å². The third-order valence-corrected chi connectivity index (χ3v) is 6.30. The average Bonchev–Trinajstić information content (AvgIpc) is 2.73. The summed E-state index contributed by atoms with van der Waals surface area (Å²) in [7, 11) is -4.17. The molecule has 1 aromatic heterocycles. The van der Waals surface area contributed by atoms with Crippen molar-refractivity contribution in [3.05, 3.63) is 88.9 Å². The molecule has 3 aromatic rings. The number of rotatable bonds is 7. The SMILES string of the molecule is O=C(CN(c1cc(Br)ccc1F)S(=O)(=O)c1ccccc1)NCc1ccncc1. The number of pyridine rings is 1. The molecule has 0 spiro atoms. The van der Waals surface area contributed by atoms with E-state index in [1.807, 2.05) is 0 Å². The Bertz CT molecular complexity index is 1100. The van der Waals surface area contributed by atoms with Crippen molar-refractivity contribution in [1.82, 2.24) is 10.3 Å². The number of anilines is 1. The predicted molar refractivity (Wildman–Crippen MR) is 111 cm³/mol. The summed E-state index contributed by atoms with van der Waals surface area (Å²) in [6.45, 7) is -0.378. The molecule has 6 nitrogen and oxygen atoms in total. The fourth-order valence-corrected chi connectivity index (χ4v) is 4.37. The standard InChI is InChI=1S/C20H17BrFN3O3S/c21-16-6-7-18(22)19(12-16)25(29(27,28)17-4-2-1-3-5-17)14-20(26)24-13-15-8-10-23-11-9-15/h1-12H,13-14H2,(H,24,26). The summed E-state index contributed by atoms with van der Waals surface area (Å²) in [5.41, 5.74) is 0.585. The molecule has 9 heteroatoms. The van der Waals surface area contributed by atoms with Gasteiger partial charge in [-0.25, -0.2) is 12.8 Å². The number of hydrogen-bond acceptors (Lipinski definition) is 4. The molecule has 1 heterocycles. The maximum Gasteiger partial charge on any atom is 0.264 e. The highest BCUT2D eigenvalue weighted by atomic mass is 79.9. The number of hydrogen-bond donors (Lipinski definition) is 1. The molecule has 0 saturated heterocycles. The Morgan fingerprint density at radius 3 is 2.45 bits per heavy atom. The molecule has 0 aliphatic carbocycles. The van der Waals surface area contributed by atoms with Crippen molar-refractivity contribution in [1.29, 1.82) is 0 Å². The van der Waals surface area contributed by atoms with Crippen molar-refractivity contribution >= 4 is 37.5 Å². The summed E-state index contributed by atoms with van der Waals surface area (Å²) in [4.78, 5) is 16.4. The van der Waals surface area contributed by atoms with Gasteiger partial charge < -0.3 is 5.32 Å². The number of amides is 1. The van der Waals surface area contributed by atoms with Gasteiger partial charge in [-0.3, -0.25) is 14.1 Å². The number of nitrogens with zero attached hydrogens (tertiary/aromatic N) is 2. The van der Waals surface area contributed by atoms with E-state index in [9.17, 15) is 17.6 Å². The zero-order valence-electron chi connectivity index (χ0n) is 15.1. The molecule has 0 bridgehead atoms. The van der Waals surface area contributed by atoms with Gasteiger partial charge in [0.1, 0.15) is 12.4 Å². The second-order valence-corrected chi connectivity index (χ2v) is 8.83. The van der Waals surface area contributed by atoms with Gasteiger partial charge in [-0.05, 0) is 48.0 Å². The summed E-state index contributed by atoms with van der Waals surface area (Å²) >= 11 is 3.22. The Kier molecular flexibility index (Phi) is 6.60. The van der Waals surface area contributed by atoms with E-state index in [4.69, 9.17) is 0 Å². The number of aromatic nitrogens is 1. The van der Waals surface area contributed by atoms with Crippen LogP contribution in [0.2, 0.25) is 0 Å². The van der Waals surface area contributed by atoms with Gasteiger partial charge in [0.15, 0.2) is 0 Å². The molecule has 0 radical (unpaired) electrons. The first-order valence-electron chi connectivity index (χ1n) is 8.56. The van der Waals surface area contributed by atoms with Crippen LogP contribution in [-0.2, 0) is 21.4 Å². The lowest BCUT2D eigenvalue weighted by molar-refractivity contribution is -0.119. The Morgan fingerprint density at radius 1 is 1.07 bits per heavy atom. The van der Waals surface area contributed by atoms with Crippen molar-refractivity contribution in [3.8, 4) is 0 Å². The molecule has 0 atom stereocenters. The molecule has 150 valence electrons. The Morgan fingerprint density at radius 2 is 1.76 bits per heavy atom. The first-order chi connectivity index (χ1) is 13.9. The zero-order valence-corrected chi connectivity index (χ0v) is 17.5. The summed E-state index contributed by atoms with van der Waals surface area (Å²) in [6, 6.07) is 15.0. The fraction of sp³-hybridized carbons (Fsp3) is 0.100. The Balaban J connectivity index is 1.91. The number of carbonyl (C=O) groups excluding carboxylic acids is 1. The van der Waals surface area contributed by atoms with Crippen molar-refractivity contribution in [2.24, 2.45) is 0 Å². The summed E-state index contributed by atoms with van der Waals surface area (Å²) < 4.78 is 42.1. The number of carbonyl (C=O) groups is 1.